The van der Waals surface area contributed by atoms with Gasteiger partial charge in [-0.05, 0) is 12.1 Å². The molecule has 1 aromatic heterocycles. The summed E-state index contributed by atoms with van der Waals surface area (Å²) in [5.41, 5.74) is 1.70. The van der Waals surface area contributed by atoms with Gasteiger partial charge >= 0.3 is 0 Å². The minimum atomic E-state index is -0.355. The van der Waals surface area contributed by atoms with Gasteiger partial charge in [0.05, 0.1) is 30.0 Å². The van der Waals surface area contributed by atoms with Gasteiger partial charge in [-0.1, -0.05) is 28.1 Å². The number of hydrogen-bond donors (Lipinski definition) is 0. The first-order valence-corrected chi connectivity index (χ1v) is 7.57. The van der Waals surface area contributed by atoms with Crippen LogP contribution in [-0.2, 0) is 11.2 Å². The van der Waals surface area contributed by atoms with Crippen molar-refractivity contribution in [3.8, 4) is 17.3 Å². The Morgan fingerprint density at radius 2 is 2.32 bits per heavy atom. The average Bonchev–Trinajstić information content (AvgIpc) is 2.82. The number of nitriles is 1. The molecule has 5 heteroatoms. The fourth-order valence-electron chi connectivity index (χ4n) is 2.02. The molecule has 0 aliphatic carbocycles. The predicted molar refractivity (Wildman–Crippen MR) is 77.8 cm³/mol. The summed E-state index contributed by atoms with van der Waals surface area (Å²) < 4.78 is 6.20. The number of hydrogen-bond acceptors (Lipinski definition) is 4. The molecule has 1 aromatic carbocycles. The van der Waals surface area contributed by atoms with Gasteiger partial charge in [0.1, 0.15) is 5.41 Å². The molecule has 0 radical (unpaired) electrons. The topological polar surface area (TPSA) is 45.9 Å². The van der Waals surface area contributed by atoms with E-state index in [-0.39, 0.29) is 5.41 Å². The van der Waals surface area contributed by atoms with Crippen LogP contribution in [0.4, 0.5) is 0 Å². The molecule has 0 N–H and O–H groups in total. The van der Waals surface area contributed by atoms with Crippen molar-refractivity contribution in [2.45, 2.75) is 6.42 Å². The smallest absolute Gasteiger partial charge is 0.110 e. The van der Waals surface area contributed by atoms with E-state index in [2.05, 4.69) is 27.0 Å². The van der Waals surface area contributed by atoms with Gasteiger partial charge in [-0.25, -0.2) is 4.98 Å². The lowest BCUT2D eigenvalue weighted by Crippen LogP contribution is -2.43. The summed E-state index contributed by atoms with van der Waals surface area (Å²) >= 11 is 5.07. The Bertz CT molecular complexity index is 643. The molecule has 96 valence electrons. The first-order chi connectivity index (χ1) is 9.21. The highest BCUT2D eigenvalue weighted by Crippen LogP contribution is 2.33. The Morgan fingerprint density at radius 1 is 1.47 bits per heavy atom. The third kappa shape index (κ3) is 2.57. The number of thiazole rings is 1. The average molecular weight is 335 g/mol. The highest BCUT2D eigenvalue weighted by Gasteiger charge is 2.39. The van der Waals surface area contributed by atoms with Crippen LogP contribution in [0.2, 0.25) is 0 Å². The van der Waals surface area contributed by atoms with Crippen LogP contribution in [-0.4, -0.2) is 18.2 Å². The second-order valence-electron chi connectivity index (χ2n) is 4.70. The van der Waals surface area contributed by atoms with Gasteiger partial charge < -0.3 is 4.74 Å². The highest BCUT2D eigenvalue weighted by molar-refractivity contribution is 9.10. The molecular formula is C14H11BrN2OS. The summed E-state index contributed by atoms with van der Waals surface area (Å²) in [7, 11) is 0. The van der Waals surface area contributed by atoms with E-state index in [9.17, 15) is 5.26 Å². The molecule has 0 spiro atoms. The van der Waals surface area contributed by atoms with Crippen LogP contribution in [0.5, 0.6) is 0 Å². The summed E-state index contributed by atoms with van der Waals surface area (Å²) in [4.78, 5) is 4.63. The van der Waals surface area contributed by atoms with Crippen molar-refractivity contribution in [2.24, 2.45) is 5.41 Å². The van der Waals surface area contributed by atoms with Crippen LogP contribution >= 0.6 is 27.3 Å². The van der Waals surface area contributed by atoms with Gasteiger partial charge in [0.2, 0.25) is 0 Å². The second kappa shape index (κ2) is 5.04. The molecule has 1 fully saturated rings. The van der Waals surface area contributed by atoms with E-state index in [1.54, 1.807) is 11.3 Å². The Hall–Kier alpha value is -1.22. The Morgan fingerprint density at radius 3 is 2.95 bits per heavy atom. The Kier molecular flexibility index (Phi) is 3.40. The van der Waals surface area contributed by atoms with Crippen molar-refractivity contribution >= 4 is 27.3 Å². The van der Waals surface area contributed by atoms with E-state index >= 15 is 0 Å². The lowest BCUT2D eigenvalue weighted by molar-refractivity contribution is -0.0765. The zero-order chi connectivity index (χ0) is 13.3. The molecule has 0 unspecified atom stereocenters. The summed E-state index contributed by atoms with van der Waals surface area (Å²) in [6.45, 7) is 1.05. The number of halogens is 1. The zero-order valence-corrected chi connectivity index (χ0v) is 12.5. The maximum Gasteiger partial charge on any atom is 0.110 e. The lowest BCUT2D eigenvalue weighted by Gasteiger charge is -2.34. The third-order valence-corrected chi connectivity index (χ3v) is 4.50. The standard InChI is InChI=1S/C14H11BrN2OS/c15-11-3-1-2-10(4-11)12-6-19-13(17-12)5-14(7-16)8-18-9-14/h1-4,6H,5,8-9H2. The van der Waals surface area contributed by atoms with E-state index in [1.165, 1.54) is 0 Å². The fraction of sp³-hybridized carbons (Fsp3) is 0.286. The van der Waals surface area contributed by atoms with Gasteiger partial charge in [-0.15, -0.1) is 11.3 Å². The van der Waals surface area contributed by atoms with E-state index < -0.39 is 0 Å². The van der Waals surface area contributed by atoms with Crippen molar-refractivity contribution in [3.63, 3.8) is 0 Å². The molecule has 1 saturated heterocycles. The predicted octanol–water partition coefficient (Wildman–Crippen LogP) is 3.66. The molecular weight excluding hydrogens is 324 g/mol. The number of ether oxygens (including phenoxy) is 1. The fourth-order valence-corrected chi connectivity index (χ4v) is 3.36. The first kappa shape index (κ1) is 12.8. The first-order valence-electron chi connectivity index (χ1n) is 5.90. The minimum absolute atomic E-state index is 0.355. The molecule has 0 saturated carbocycles. The third-order valence-electron chi connectivity index (χ3n) is 3.16. The zero-order valence-electron chi connectivity index (χ0n) is 10.1. The normalized spacial score (nSPS) is 16.6. The van der Waals surface area contributed by atoms with Crippen LogP contribution < -0.4 is 0 Å². The molecule has 3 nitrogen and oxygen atoms in total. The highest BCUT2D eigenvalue weighted by atomic mass is 79.9. The van der Waals surface area contributed by atoms with Crippen LogP contribution in [0.15, 0.2) is 34.1 Å². The van der Waals surface area contributed by atoms with Crippen molar-refractivity contribution in [1.29, 1.82) is 5.26 Å². The summed E-state index contributed by atoms with van der Waals surface area (Å²) in [6.07, 6.45) is 0.683. The van der Waals surface area contributed by atoms with Gasteiger partial charge in [0.15, 0.2) is 0 Å². The van der Waals surface area contributed by atoms with Crippen LogP contribution in [0.3, 0.4) is 0 Å². The van der Waals surface area contributed by atoms with Gasteiger partial charge in [-0.3, -0.25) is 0 Å². The summed E-state index contributed by atoms with van der Waals surface area (Å²) in [6, 6.07) is 10.4. The van der Waals surface area contributed by atoms with Crippen LogP contribution in [0.25, 0.3) is 11.3 Å². The molecule has 0 amide bonds. The number of aromatic nitrogens is 1. The van der Waals surface area contributed by atoms with Gasteiger partial charge in [-0.2, -0.15) is 5.26 Å². The van der Waals surface area contributed by atoms with Crippen molar-refractivity contribution < 1.29 is 4.74 Å². The SMILES string of the molecule is N#CC1(Cc2nc(-c3cccc(Br)c3)cs2)COC1. The van der Waals surface area contributed by atoms with Gasteiger partial charge in [0.25, 0.3) is 0 Å². The molecule has 3 rings (SSSR count). The van der Waals surface area contributed by atoms with Crippen LogP contribution in [0, 0.1) is 16.7 Å². The molecule has 1 aliphatic heterocycles. The largest absolute Gasteiger partial charge is 0.378 e. The van der Waals surface area contributed by atoms with E-state index in [4.69, 9.17) is 4.74 Å². The van der Waals surface area contributed by atoms with E-state index in [0.29, 0.717) is 19.6 Å². The summed E-state index contributed by atoms with van der Waals surface area (Å²) in [5.74, 6) is 0. The minimum Gasteiger partial charge on any atom is -0.378 e. The quantitative estimate of drug-likeness (QED) is 0.860. The van der Waals surface area contributed by atoms with E-state index in [1.807, 2.05) is 29.6 Å². The Labute approximate surface area is 124 Å². The van der Waals surface area contributed by atoms with Crippen LogP contribution in [0.1, 0.15) is 5.01 Å². The lowest BCUT2D eigenvalue weighted by atomic mass is 9.84. The number of benzene rings is 1. The van der Waals surface area contributed by atoms with E-state index in [0.717, 1.165) is 20.7 Å². The number of nitrogens with zero attached hydrogens (tertiary/aromatic N) is 2. The van der Waals surface area contributed by atoms with Gasteiger partial charge in [0, 0.05) is 21.8 Å². The Balaban J connectivity index is 1.82. The van der Waals surface area contributed by atoms with Crippen molar-refractivity contribution in [1.82, 2.24) is 4.98 Å². The number of rotatable bonds is 3. The summed E-state index contributed by atoms with van der Waals surface area (Å²) in [5, 5.41) is 12.2. The van der Waals surface area contributed by atoms with Crippen molar-refractivity contribution in [2.75, 3.05) is 13.2 Å². The van der Waals surface area contributed by atoms with Crippen molar-refractivity contribution in [3.05, 3.63) is 39.1 Å². The monoisotopic (exact) mass is 334 g/mol. The molecule has 19 heavy (non-hydrogen) atoms. The molecule has 0 bridgehead atoms. The molecule has 2 aromatic rings. The molecule has 0 atom stereocenters. The molecule has 1 aliphatic rings. The second-order valence-corrected chi connectivity index (χ2v) is 6.56. The molecule has 2 heterocycles. The maximum absolute atomic E-state index is 9.20. The maximum atomic E-state index is 9.20.